The van der Waals surface area contributed by atoms with E-state index in [1.54, 1.807) is 0 Å². The quantitative estimate of drug-likeness (QED) is 0.523. The number of imidazole rings is 1. The van der Waals surface area contributed by atoms with E-state index in [1.807, 2.05) is 0 Å². The van der Waals surface area contributed by atoms with Gasteiger partial charge in [0.15, 0.2) is 11.3 Å². The van der Waals surface area contributed by atoms with Crippen LogP contribution in [-0.2, 0) is 17.9 Å². The molecule has 28 heavy (non-hydrogen) atoms. The lowest BCUT2D eigenvalue weighted by molar-refractivity contribution is -0.185. The van der Waals surface area contributed by atoms with Crippen LogP contribution in [0.25, 0.3) is 5.65 Å². The Kier molecular flexibility index (Phi) is 5.38. The molecule has 1 saturated carbocycles. The molecule has 0 saturated heterocycles. The smallest absolute Gasteiger partial charge is 0.348 e. The van der Waals surface area contributed by atoms with E-state index in [0.717, 1.165) is 15.4 Å². The standard InChI is InChI=1S/C13H16F3N7O4S/c1-22-12(25)23-5-17-9(10(23)19-21-22)11(24)18-7-2-6(13(14,15)16)3-8(4-7)20-28(26)27/h5-8,28H,2-4H2,1H3,(H,18,24)(H,20,26,27). The van der Waals surface area contributed by atoms with Crippen LogP contribution in [0.15, 0.2) is 11.1 Å². The van der Waals surface area contributed by atoms with Crippen molar-refractivity contribution in [1.82, 2.24) is 34.4 Å². The number of nitrogens with zero attached hydrogens (tertiary/aromatic N) is 5. The first-order chi connectivity index (χ1) is 13.1. The first-order valence-electron chi connectivity index (χ1n) is 8.11. The molecule has 1 amide bonds. The van der Waals surface area contributed by atoms with Crippen molar-refractivity contribution in [2.45, 2.75) is 37.5 Å². The number of halogens is 3. The SMILES string of the molecule is Cn1nnc2c(C(=O)NC3CC(N[SH](=O)=O)CC(C(F)(F)F)C3)ncn2c1=O. The van der Waals surface area contributed by atoms with E-state index in [4.69, 9.17) is 0 Å². The third-order valence-electron chi connectivity index (χ3n) is 4.51. The van der Waals surface area contributed by atoms with Gasteiger partial charge < -0.3 is 5.32 Å². The number of nitrogens with one attached hydrogen (secondary N) is 2. The van der Waals surface area contributed by atoms with E-state index in [0.29, 0.717) is 0 Å². The molecule has 0 radical (unpaired) electrons. The van der Waals surface area contributed by atoms with E-state index in [1.165, 1.54) is 7.05 Å². The van der Waals surface area contributed by atoms with Gasteiger partial charge in [-0.1, -0.05) is 5.21 Å². The topological polar surface area (TPSA) is 140 Å². The third-order valence-corrected chi connectivity index (χ3v) is 5.08. The number of aryl methyl sites for hydroxylation is 1. The van der Waals surface area contributed by atoms with Gasteiger partial charge in [-0.3, -0.25) is 4.79 Å². The van der Waals surface area contributed by atoms with Gasteiger partial charge in [-0.05, 0) is 19.3 Å². The summed E-state index contributed by atoms with van der Waals surface area (Å²) in [5.41, 5.74) is -1.00. The highest BCUT2D eigenvalue weighted by atomic mass is 32.2. The Morgan fingerprint density at radius 1 is 1.25 bits per heavy atom. The second-order valence-corrected chi connectivity index (χ2v) is 7.25. The van der Waals surface area contributed by atoms with E-state index in [9.17, 15) is 31.2 Å². The van der Waals surface area contributed by atoms with Gasteiger partial charge in [-0.15, -0.1) is 5.10 Å². The van der Waals surface area contributed by atoms with Crippen molar-refractivity contribution in [3.8, 4) is 0 Å². The maximum Gasteiger partial charge on any atom is 0.391 e. The monoisotopic (exact) mass is 423 g/mol. The van der Waals surface area contributed by atoms with Crippen LogP contribution in [0.5, 0.6) is 0 Å². The Labute approximate surface area is 157 Å². The second kappa shape index (κ2) is 7.46. The van der Waals surface area contributed by atoms with Gasteiger partial charge in [-0.2, -0.15) is 17.9 Å². The van der Waals surface area contributed by atoms with Crippen molar-refractivity contribution in [1.29, 1.82) is 0 Å². The molecule has 11 nitrogen and oxygen atoms in total. The van der Waals surface area contributed by atoms with Gasteiger partial charge in [0, 0.05) is 19.1 Å². The summed E-state index contributed by atoms with van der Waals surface area (Å²) in [4.78, 5) is 28.2. The summed E-state index contributed by atoms with van der Waals surface area (Å²) < 4.78 is 65.2. The maximum atomic E-state index is 13.2. The van der Waals surface area contributed by atoms with Crippen molar-refractivity contribution in [2.24, 2.45) is 13.0 Å². The van der Waals surface area contributed by atoms with E-state index >= 15 is 0 Å². The Morgan fingerprint density at radius 2 is 1.93 bits per heavy atom. The molecule has 1 fully saturated rings. The van der Waals surface area contributed by atoms with E-state index in [2.05, 4.69) is 25.3 Å². The molecule has 1 aliphatic carbocycles. The maximum absolute atomic E-state index is 13.2. The van der Waals surface area contributed by atoms with Crippen LogP contribution in [0.4, 0.5) is 13.2 Å². The molecule has 0 bridgehead atoms. The Morgan fingerprint density at radius 3 is 2.57 bits per heavy atom. The number of carbonyl (C=O) groups is 1. The fourth-order valence-electron chi connectivity index (χ4n) is 3.25. The first-order valence-corrected chi connectivity index (χ1v) is 9.29. The molecular formula is C13H16F3N7O4S. The van der Waals surface area contributed by atoms with Gasteiger partial charge >= 0.3 is 11.9 Å². The molecule has 0 aromatic carbocycles. The van der Waals surface area contributed by atoms with E-state index in [-0.39, 0.29) is 17.8 Å². The van der Waals surface area contributed by atoms with Crippen LogP contribution < -0.4 is 15.7 Å². The minimum absolute atomic E-state index is 0.0130. The van der Waals surface area contributed by atoms with Crippen molar-refractivity contribution < 1.29 is 26.4 Å². The highest BCUT2D eigenvalue weighted by Gasteiger charge is 2.45. The zero-order valence-electron chi connectivity index (χ0n) is 14.4. The van der Waals surface area contributed by atoms with Gasteiger partial charge in [0.05, 0.1) is 5.92 Å². The Hall–Kier alpha value is -2.55. The lowest BCUT2D eigenvalue weighted by atomic mass is 9.82. The van der Waals surface area contributed by atoms with Crippen LogP contribution in [0.2, 0.25) is 0 Å². The summed E-state index contributed by atoms with van der Waals surface area (Å²) in [7, 11) is -1.74. The lowest BCUT2D eigenvalue weighted by Gasteiger charge is -2.35. The molecule has 154 valence electrons. The Balaban J connectivity index is 1.82. The van der Waals surface area contributed by atoms with Gasteiger partial charge in [0.1, 0.15) is 6.33 Å². The number of rotatable bonds is 4. The van der Waals surface area contributed by atoms with Crippen LogP contribution >= 0.6 is 0 Å². The number of fused-ring (bicyclic) bond motifs is 1. The van der Waals surface area contributed by atoms with Crippen molar-refractivity contribution in [2.75, 3.05) is 0 Å². The predicted molar refractivity (Wildman–Crippen MR) is 87.9 cm³/mol. The highest BCUT2D eigenvalue weighted by Crippen LogP contribution is 2.37. The number of hydrogen-bond donors (Lipinski definition) is 3. The normalized spacial score (nSPS) is 23.2. The van der Waals surface area contributed by atoms with Gasteiger partial charge in [-0.25, -0.2) is 27.3 Å². The molecule has 3 unspecified atom stereocenters. The van der Waals surface area contributed by atoms with E-state index < -0.39 is 59.5 Å². The van der Waals surface area contributed by atoms with Crippen molar-refractivity contribution >= 4 is 22.4 Å². The molecule has 1 aliphatic rings. The zero-order valence-corrected chi connectivity index (χ0v) is 15.3. The lowest BCUT2D eigenvalue weighted by Crippen LogP contribution is -2.49. The molecule has 3 atom stereocenters. The number of alkyl halides is 3. The van der Waals surface area contributed by atoms with Crippen LogP contribution in [0.3, 0.4) is 0 Å². The van der Waals surface area contributed by atoms with Crippen LogP contribution in [-0.4, -0.2) is 57.0 Å². The molecule has 2 aromatic heterocycles. The number of carbonyl (C=O) groups excluding carboxylic acids is 1. The van der Waals surface area contributed by atoms with Crippen molar-refractivity contribution in [3.63, 3.8) is 0 Å². The minimum atomic E-state index is -4.53. The zero-order chi connectivity index (χ0) is 20.6. The van der Waals surface area contributed by atoms with Gasteiger partial charge in [0.25, 0.3) is 5.91 Å². The number of thiol groups is 1. The summed E-state index contributed by atoms with van der Waals surface area (Å²) in [5, 5.41) is 9.67. The largest absolute Gasteiger partial charge is 0.391 e. The molecule has 2 N–H and O–H groups in total. The average molecular weight is 423 g/mol. The molecule has 2 aromatic rings. The van der Waals surface area contributed by atoms with Gasteiger partial charge in [0.2, 0.25) is 10.9 Å². The minimum Gasteiger partial charge on any atom is -0.348 e. The predicted octanol–water partition coefficient (Wildman–Crippen LogP) is -1.23. The number of aromatic nitrogens is 5. The summed E-state index contributed by atoms with van der Waals surface area (Å²) >= 11 is 0. The first kappa shape index (κ1) is 20.2. The molecular weight excluding hydrogens is 407 g/mol. The average Bonchev–Trinajstić information content (AvgIpc) is 3.01. The molecule has 2 heterocycles. The fourth-order valence-corrected chi connectivity index (χ4v) is 3.76. The summed E-state index contributed by atoms with van der Waals surface area (Å²) in [6, 6.07) is -1.91. The third kappa shape index (κ3) is 4.14. The molecule has 0 spiro atoms. The summed E-state index contributed by atoms with van der Waals surface area (Å²) in [6.45, 7) is 0. The van der Waals surface area contributed by atoms with Crippen molar-refractivity contribution in [3.05, 3.63) is 22.5 Å². The molecule has 3 rings (SSSR count). The highest BCUT2D eigenvalue weighted by molar-refractivity contribution is 7.70. The molecule has 15 heteroatoms. The summed E-state index contributed by atoms with van der Waals surface area (Å²) in [5.74, 6) is -2.60. The number of hydrogen-bond acceptors (Lipinski definition) is 7. The number of amides is 1. The fraction of sp³-hybridized carbons (Fsp3) is 0.615. The molecule has 0 aliphatic heterocycles. The Bertz CT molecular complexity index is 1020. The second-order valence-electron chi connectivity index (χ2n) is 6.48. The van der Waals surface area contributed by atoms with Crippen LogP contribution in [0, 0.1) is 5.92 Å². The summed E-state index contributed by atoms with van der Waals surface area (Å²) in [6.07, 6.45) is -4.29. The van der Waals surface area contributed by atoms with Crippen LogP contribution in [0.1, 0.15) is 29.8 Å².